The van der Waals surface area contributed by atoms with E-state index < -0.39 is 0 Å². The van der Waals surface area contributed by atoms with Gasteiger partial charge in [-0.3, -0.25) is 0 Å². The van der Waals surface area contributed by atoms with Crippen LogP contribution in [0.1, 0.15) is 50.1 Å². The van der Waals surface area contributed by atoms with Gasteiger partial charge in [-0.05, 0) is 26.3 Å². The summed E-state index contributed by atoms with van der Waals surface area (Å²) in [7, 11) is 1.89. The number of aromatic nitrogens is 2. The van der Waals surface area contributed by atoms with Crippen LogP contribution >= 0.6 is 0 Å². The predicted molar refractivity (Wildman–Crippen MR) is 54.3 cm³/mol. The lowest BCUT2D eigenvalue weighted by Gasteiger charge is -2.07. The summed E-state index contributed by atoms with van der Waals surface area (Å²) in [4.78, 5) is 0. The standard InChI is InChI=1S/C10H17N3O2/c1-3-7(11-2)9-12-13-10(15-9)8-5-4-6-14-8/h7-8,11H,3-6H2,1-2H3. The summed E-state index contributed by atoms with van der Waals surface area (Å²) in [5.41, 5.74) is 0. The van der Waals surface area contributed by atoms with Gasteiger partial charge in [-0.15, -0.1) is 10.2 Å². The molecule has 2 atom stereocenters. The van der Waals surface area contributed by atoms with Crippen molar-refractivity contribution in [3.8, 4) is 0 Å². The summed E-state index contributed by atoms with van der Waals surface area (Å²) >= 11 is 0. The second-order valence-corrected chi connectivity index (χ2v) is 3.73. The van der Waals surface area contributed by atoms with Gasteiger partial charge in [0.25, 0.3) is 0 Å². The van der Waals surface area contributed by atoms with Crippen molar-refractivity contribution in [3.63, 3.8) is 0 Å². The molecule has 84 valence electrons. The highest BCUT2D eigenvalue weighted by Gasteiger charge is 2.25. The number of hydrogen-bond donors (Lipinski definition) is 1. The molecule has 0 saturated carbocycles. The van der Waals surface area contributed by atoms with Crippen LogP contribution in [-0.2, 0) is 4.74 Å². The lowest BCUT2D eigenvalue weighted by atomic mass is 10.2. The lowest BCUT2D eigenvalue weighted by molar-refractivity contribution is 0.0874. The minimum absolute atomic E-state index is 0.0145. The smallest absolute Gasteiger partial charge is 0.245 e. The number of rotatable bonds is 4. The Bertz CT molecular complexity index is 287. The summed E-state index contributed by atoms with van der Waals surface area (Å²) in [5, 5.41) is 11.2. The normalized spacial score (nSPS) is 23.2. The van der Waals surface area contributed by atoms with Crippen LogP contribution in [0.4, 0.5) is 0 Å². The molecule has 5 heteroatoms. The van der Waals surface area contributed by atoms with E-state index in [4.69, 9.17) is 9.15 Å². The number of nitrogens with one attached hydrogen (secondary N) is 1. The fourth-order valence-electron chi connectivity index (χ4n) is 1.79. The predicted octanol–water partition coefficient (Wildman–Crippen LogP) is 1.59. The molecule has 1 saturated heterocycles. The van der Waals surface area contributed by atoms with Crippen LogP contribution in [0.5, 0.6) is 0 Å². The summed E-state index contributed by atoms with van der Waals surface area (Å²) < 4.78 is 11.1. The first-order valence-electron chi connectivity index (χ1n) is 5.47. The fraction of sp³-hybridized carbons (Fsp3) is 0.800. The maximum absolute atomic E-state index is 5.60. The summed E-state index contributed by atoms with van der Waals surface area (Å²) in [6.07, 6.45) is 3.01. The molecule has 0 bridgehead atoms. The highest BCUT2D eigenvalue weighted by molar-refractivity contribution is 4.93. The van der Waals surface area contributed by atoms with Crippen molar-refractivity contribution in [2.75, 3.05) is 13.7 Å². The second kappa shape index (κ2) is 4.72. The molecule has 0 radical (unpaired) electrons. The molecule has 1 aromatic rings. The van der Waals surface area contributed by atoms with E-state index in [-0.39, 0.29) is 12.1 Å². The van der Waals surface area contributed by atoms with Crippen molar-refractivity contribution in [1.82, 2.24) is 15.5 Å². The van der Waals surface area contributed by atoms with E-state index in [1.54, 1.807) is 0 Å². The third kappa shape index (κ3) is 2.18. The van der Waals surface area contributed by atoms with Crippen LogP contribution in [0, 0.1) is 0 Å². The zero-order valence-electron chi connectivity index (χ0n) is 9.19. The van der Waals surface area contributed by atoms with E-state index in [0.717, 1.165) is 25.9 Å². The van der Waals surface area contributed by atoms with Gasteiger partial charge in [-0.2, -0.15) is 0 Å². The van der Waals surface area contributed by atoms with E-state index in [1.807, 2.05) is 7.05 Å². The van der Waals surface area contributed by atoms with Crippen LogP contribution < -0.4 is 5.32 Å². The molecule has 1 fully saturated rings. The Morgan fingerprint density at radius 2 is 2.40 bits per heavy atom. The molecule has 0 aliphatic carbocycles. The van der Waals surface area contributed by atoms with Crippen molar-refractivity contribution in [2.45, 2.75) is 38.3 Å². The molecule has 5 nitrogen and oxygen atoms in total. The topological polar surface area (TPSA) is 60.2 Å². The Morgan fingerprint density at radius 1 is 1.53 bits per heavy atom. The zero-order valence-corrected chi connectivity index (χ0v) is 9.19. The summed E-state index contributed by atoms with van der Waals surface area (Å²) in [5.74, 6) is 1.28. The number of hydrogen-bond acceptors (Lipinski definition) is 5. The highest BCUT2D eigenvalue weighted by atomic mass is 16.5. The zero-order chi connectivity index (χ0) is 10.7. The first kappa shape index (κ1) is 10.6. The van der Waals surface area contributed by atoms with Gasteiger partial charge in [0.15, 0.2) is 0 Å². The van der Waals surface area contributed by atoms with Crippen LogP contribution in [0.2, 0.25) is 0 Å². The molecule has 1 N–H and O–H groups in total. The van der Waals surface area contributed by atoms with Crippen LogP contribution in [-0.4, -0.2) is 23.9 Å². The van der Waals surface area contributed by atoms with Crippen LogP contribution in [0.15, 0.2) is 4.42 Å². The van der Waals surface area contributed by atoms with E-state index in [0.29, 0.717) is 11.8 Å². The second-order valence-electron chi connectivity index (χ2n) is 3.73. The maximum Gasteiger partial charge on any atom is 0.245 e. The molecule has 0 aromatic carbocycles. The number of ether oxygens (including phenoxy) is 1. The van der Waals surface area contributed by atoms with Gasteiger partial charge in [-0.1, -0.05) is 6.92 Å². The van der Waals surface area contributed by atoms with Crippen molar-refractivity contribution < 1.29 is 9.15 Å². The van der Waals surface area contributed by atoms with Crippen molar-refractivity contribution >= 4 is 0 Å². The lowest BCUT2D eigenvalue weighted by Crippen LogP contribution is -2.15. The molecule has 2 rings (SSSR count). The third-order valence-electron chi connectivity index (χ3n) is 2.72. The van der Waals surface area contributed by atoms with Crippen molar-refractivity contribution in [2.24, 2.45) is 0 Å². The monoisotopic (exact) mass is 211 g/mol. The Kier molecular flexibility index (Phi) is 3.33. The maximum atomic E-state index is 5.60. The molecule has 2 heterocycles. The van der Waals surface area contributed by atoms with Crippen molar-refractivity contribution in [1.29, 1.82) is 0 Å². The average Bonchev–Trinajstić information content (AvgIpc) is 2.89. The Morgan fingerprint density at radius 3 is 3.00 bits per heavy atom. The third-order valence-corrected chi connectivity index (χ3v) is 2.72. The molecule has 1 aliphatic heterocycles. The first-order valence-corrected chi connectivity index (χ1v) is 5.47. The van der Waals surface area contributed by atoms with Crippen molar-refractivity contribution in [3.05, 3.63) is 11.8 Å². The van der Waals surface area contributed by atoms with Crippen LogP contribution in [0.3, 0.4) is 0 Å². The molecule has 0 amide bonds. The minimum atomic E-state index is 0.0145. The Hall–Kier alpha value is -0.940. The van der Waals surface area contributed by atoms with E-state index >= 15 is 0 Å². The van der Waals surface area contributed by atoms with E-state index in [9.17, 15) is 0 Å². The number of nitrogens with zero attached hydrogens (tertiary/aromatic N) is 2. The van der Waals surface area contributed by atoms with E-state index in [1.165, 1.54) is 0 Å². The largest absolute Gasteiger partial charge is 0.421 e. The summed E-state index contributed by atoms with van der Waals surface area (Å²) in [6.45, 7) is 2.88. The van der Waals surface area contributed by atoms with E-state index in [2.05, 4.69) is 22.4 Å². The minimum Gasteiger partial charge on any atom is -0.421 e. The van der Waals surface area contributed by atoms with Gasteiger partial charge in [0, 0.05) is 6.61 Å². The Balaban J connectivity index is 2.08. The quantitative estimate of drug-likeness (QED) is 0.819. The molecule has 0 spiro atoms. The van der Waals surface area contributed by atoms with Gasteiger partial charge in [-0.25, -0.2) is 0 Å². The van der Waals surface area contributed by atoms with Gasteiger partial charge in [0.2, 0.25) is 11.8 Å². The molecular weight excluding hydrogens is 194 g/mol. The molecule has 2 unspecified atom stereocenters. The first-order chi connectivity index (χ1) is 7.35. The SMILES string of the molecule is CCC(NC)c1nnc(C2CCCO2)o1. The molecule has 1 aromatic heterocycles. The fourth-order valence-corrected chi connectivity index (χ4v) is 1.79. The highest BCUT2D eigenvalue weighted by Crippen LogP contribution is 2.28. The molecular formula is C10H17N3O2. The van der Waals surface area contributed by atoms with Gasteiger partial charge in [0.1, 0.15) is 6.10 Å². The Labute approximate surface area is 89.2 Å². The van der Waals surface area contributed by atoms with Gasteiger partial charge < -0.3 is 14.5 Å². The summed E-state index contributed by atoms with van der Waals surface area (Å²) in [6, 6.07) is 0.146. The average molecular weight is 211 g/mol. The van der Waals surface area contributed by atoms with Crippen LogP contribution in [0.25, 0.3) is 0 Å². The molecule has 1 aliphatic rings. The molecule has 15 heavy (non-hydrogen) atoms. The van der Waals surface area contributed by atoms with Gasteiger partial charge >= 0.3 is 0 Å². The van der Waals surface area contributed by atoms with Gasteiger partial charge in [0.05, 0.1) is 6.04 Å².